The molecule has 5 nitrogen and oxygen atoms in total. The molecule has 1 heterocycles. The van der Waals surface area contributed by atoms with Gasteiger partial charge in [-0.2, -0.15) is 0 Å². The van der Waals surface area contributed by atoms with Crippen molar-refractivity contribution >= 4 is 11.8 Å². The number of hydrogen-bond donors (Lipinski definition) is 0. The second-order valence-corrected chi connectivity index (χ2v) is 7.93. The number of amides is 2. The quantitative estimate of drug-likeness (QED) is 0.829. The summed E-state index contributed by atoms with van der Waals surface area (Å²) in [7, 11) is 1.68. The maximum absolute atomic E-state index is 12.8. The lowest BCUT2D eigenvalue weighted by Gasteiger charge is -2.24. The molecule has 1 fully saturated rings. The average molecular weight is 360 g/mol. The van der Waals surface area contributed by atoms with Crippen LogP contribution < -0.4 is 4.74 Å². The highest BCUT2D eigenvalue weighted by molar-refractivity contribution is 5.79. The van der Waals surface area contributed by atoms with Crippen molar-refractivity contribution in [2.45, 2.75) is 52.4 Å². The van der Waals surface area contributed by atoms with Crippen LogP contribution >= 0.6 is 0 Å². The monoisotopic (exact) mass is 360 g/mol. The molecule has 0 saturated carbocycles. The van der Waals surface area contributed by atoms with E-state index in [-0.39, 0.29) is 17.2 Å². The molecule has 1 aliphatic heterocycles. The zero-order valence-corrected chi connectivity index (χ0v) is 16.8. The maximum atomic E-state index is 12.8. The van der Waals surface area contributed by atoms with Gasteiger partial charge in [0.25, 0.3) is 0 Å². The molecule has 1 aromatic carbocycles. The molecule has 0 bridgehead atoms. The lowest BCUT2D eigenvalue weighted by molar-refractivity contribution is -0.133. The number of carbonyl (C=O) groups is 2. The Morgan fingerprint density at radius 3 is 2.19 bits per heavy atom. The first-order valence-corrected chi connectivity index (χ1v) is 9.49. The smallest absolute Gasteiger partial charge is 0.227 e. The van der Waals surface area contributed by atoms with Gasteiger partial charge in [0.15, 0.2) is 0 Å². The Morgan fingerprint density at radius 1 is 1.04 bits per heavy atom. The lowest BCUT2D eigenvalue weighted by atomic mass is 9.85. The lowest BCUT2D eigenvalue weighted by Crippen LogP contribution is -2.37. The van der Waals surface area contributed by atoms with Crippen LogP contribution in [0.3, 0.4) is 0 Å². The van der Waals surface area contributed by atoms with E-state index in [9.17, 15) is 9.59 Å². The van der Waals surface area contributed by atoms with E-state index in [1.165, 1.54) is 0 Å². The number of rotatable bonds is 4. The van der Waals surface area contributed by atoms with E-state index in [1.807, 2.05) is 28.9 Å². The van der Waals surface area contributed by atoms with Gasteiger partial charge in [0.2, 0.25) is 11.8 Å². The van der Waals surface area contributed by atoms with Gasteiger partial charge in [0.05, 0.1) is 13.5 Å². The number of benzene rings is 1. The van der Waals surface area contributed by atoms with Crippen molar-refractivity contribution in [3.63, 3.8) is 0 Å². The third-order valence-electron chi connectivity index (χ3n) is 4.93. The fourth-order valence-electron chi connectivity index (χ4n) is 3.38. The Morgan fingerprint density at radius 2 is 1.65 bits per heavy atom. The fourth-order valence-corrected chi connectivity index (χ4v) is 3.38. The summed E-state index contributed by atoms with van der Waals surface area (Å²) in [6.45, 7) is 11.0. The Balaban J connectivity index is 2.07. The highest BCUT2D eigenvalue weighted by Crippen LogP contribution is 2.32. The number of methoxy groups -OCH3 is 1. The second kappa shape index (κ2) is 8.56. The van der Waals surface area contributed by atoms with Crippen molar-refractivity contribution in [2.75, 3.05) is 33.3 Å². The van der Waals surface area contributed by atoms with Crippen LogP contribution in [0, 0.1) is 0 Å². The van der Waals surface area contributed by atoms with E-state index in [0.29, 0.717) is 32.5 Å². The molecule has 2 amide bonds. The molecule has 0 radical (unpaired) electrons. The largest absolute Gasteiger partial charge is 0.496 e. The van der Waals surface area contributed by atoms with Crippen LogP contribution in [0.2, 0.25) is 0 Å². The van der Waals surface area contributed by atoms with Gasteiger partial charge in [-0.15, -0.1) is 0 Å². The summed E-state index contributed by atoms with van der Waals surface area (Å²) in [6.07, 6.45) is 1.75. The summed E-state index contributed by atoms with van der Waals surface area (Å²) in [6, 6.07) is 6.01. The number of hydrogen-bond acceptors (Lipinski definition) is 3. The zero-order valence-electron chi connectivity index (χ0n) is 16.8. The molecule has 0 aromatic heterocycles. The van der Waals surface area contributed by atoms with Gasteiger partial charge in [-0.1, -0.05) is 39.8 Å². The van der Waals surface area contributed by atoms with E-state index in [0.717, 1.165) is 29.8 Å². The normalized spacial score (nSPS) is 15.6. The molecule has 1 aromatic rings. The molecule has 0 N–H and O–H groups in total. The third-order valence-corrected chi connectivity index (χ3v) is 4.93. The van der Waals surface area contributed by atoms with E-state index in [4.69, 9.17) is 4.74 Å². The molecule has 1 saturated heterocycles. The summed E-state index contributed by atoms with van der Waals surface area (Å²) in [5.41, 5.74) is 2.07. The molecule has 0 spiro atoms. The van der Waals surface area contributed by atoms with Crippen LogP contribution in [-0.4, -0.2) is 54.9 Å². The molecular weight excluding hydrogens is 328 g/mol. The topological polar surface area (TPSA) is 49.9 Å². The molecular formula is C21H32N2O3. The molecule has 144 valence electrons. The summed E-state index contributed by atoms with van der Waals surface area (Å²) in [5, 5.41) is 0. The van der Waals surface area contributed by atoms with Gasteiger partial charge in [-0.3, -0.25) is 9.59 Å². The SMILES string of the molecule is CCC(=O)N1CCCN(C(=O)Cc2ccc(OC)c(C(C)(C)C)c2)CC1. The minimum Gasteiger partial charge on any atom is -0.496 e. The van der Waals surface area contributed by atoms with Crippen molar-refractivity contribution in [1.29, 1.82) is 0 Å². The van der Waals surface area contributed by atoms with Crippen molar-refractivity contribution in [3.05, 3.63) is 29.3 Å². The Labute approximate surface area is 157 Å². The highest BCUT2D eigenvalue weighted by Gasteiger charge is 2.23. The first kappa shape index (κ1) is 20.3. The van der Waals surface area contributed by atoms with Crippen LogP contribution in [-0.2, 0) is 21.4 Å². The summed E-state index contributed by atoms with van der Waals surface area (Å²) < 4.78 is 5.48. The van der Waals surface area contributed by atoms with E-state index >= 15 is 0 Å². The molecule has 0 atom stereocenters. The Bertz CT molecular complexity index is 649. The van der Waals surface area contributed by atoms with Gasteiger partial charge in [-0.05, 0) is 29.0 Å². The first-order chi connectivity index (χ1) is 12.3. The van der Waals surface area contributed by atoms with Crippen molar-refractivity contribution in [1.82, 2.24) is 9.80 Å². The number of ether oxygens (including phenoxy) is 1. The van der Waals surface area contributed by atoms with E-state index in [1.54, 1.807) is 7.11 Å². The molecule has 2 rings (SSSR count). The Hall–Kier alpha value is -2.04. The van der Waals surface area contributed by atoms with Gasteiger partial charge in [0, 0.05) is 32.6 Å². The van der Waals surface area contributed by atoms with Crippen LogP contribution in [0.5, 0.6) is 5.75 Å². The predicted octanol–water partition coefficient (Wildman–Crippen LogP) is 3.01. The average Bonchev–Trinajstić information content (AvgIpc) is 2.86. The minimum absolute atomic E-state index is 0.0476. The molecule has 0 unspecified atom stereocenters. The van der Waals surface area contributed by atoms with Crippen LogP contribution in [0.1, 0.15) is 51.7 Å². The second-order valence-electron chi connectivity index (χ2n) is 7.93. The van der Waals surface area contributed by atoms with Gasteiger partial charge < -0.3 is 14.5 Å². The molecule has 1 aliphatic rings. The summed E-state index contributed by atoms with van der Waals surface area (Å²) in [5.74, 6) is 1.15. The third kappa shape index (κ3) is 4.99. The Kier molecular flexibility index (Phi) is 6.68. The van der Waals surface area contributed by atoms with Crippen LogP contribution in [0.4, 0.5) is 0 Å². The van der Waals surface area contributed by atoms with Crippen molar-refractivity contribution in [2.24, 2.45) is 0 Å². The standard InChI is InChI=1S/C21H32N2O3/c1-6-19(24)22-10-7-11-23(13-12-22)20(25)15-16-8-9-18(26-5)17(14-16)21(2,3)4/h8-9,14H,6-7,10-13,15H2,1-5H3. The minimum atomic E-state index is -0.0476. The van der Waals surface area contributed by atoms with Gasteiger partial charge in [-0.25, -0.2) is 0 Å². The first-order valence-electron chi connectivity index (χ1n) is 9.49. The molecule has 0 aliphatic carbocycles. The summed E-state index contributed by atoms with van der Waals surface area (Å²) in [4.78, 5) is 28.4. The molecule has 5 heteroatoms. The molecule has 26 heavy (non-hydrogen) atoms. The van der Waals surface area contributed by atoms with Gasteiger partial charge in [0.1, 0.15) is 5.75 Å². The zero-order chi connectivity index (χ0) is 19.3. The number of nitrogens with zero attached hydrogens (tertiary/aromatic N) is 2. The van der Waals surface area contributed by atoms with E-state index in [2.05, 4.69) is 26.8 Å². The maximum Gasteiger partial charge on any atom is 0.227 e. The van der Waals surface area contributed by atoms with Crippen LogP contribution in [0.25, 0.3) is 0 Å². The highest BCUT2D eigenvalue weighted by atomic mass is 16.5. The summed E-state index contributed by atoms with van der Waals surface area (Å²) >= 11 is 0. The van der Waals surface area contributed by atoms with Crippen molar-refractivity contribution in [3.8, 4) is 5.75 Å². The van der Waals surface area contributed by atoms with Gasteiger partial charge >= 0.3 is 0 Å². The predicted molar refractivity (Wildman–Crippen MR) is 103 cm³/mol. The number of carbonyl (C=O) groups excluding carboxylic acids is 2. The van der Waals surface area contributed by atoms with Crippen molar-refractivity contribution < 1.29 is 14.3 Å². The van der Waals surface area contributed by atoms with E-state index < -0.39 is 0 Å². The fraction of sp³-hybridized carbons (Fsp3) is 0.619. The van der Waals surface area contributed by atoms with Crippen LogP contribution in [0.15, 0.2) is 18.2 Å².